The first kappa shape index (κ1) is 17.9. The van der Waals surface area contributed by atoms with Gasteiger partial charge in [-0.3, -0.25) is 15.0 Å². The van der Waals surface area contributed by atoms with Crippen LogP contribution in [-0.4, -0.2) is 84.3 Å². The van der Waals surface area contributed by atoms with Crippen LogP contribution in [0.5, 0.6) is 0 Å². The van der Waals surface area contributed by atoms with Gasteiger partial charge in [-0.25, -0.2) is 4.98 Å². The summed E-state index contributed by atoms with van der Waals surface area (Å²) >= 11 is 6.05. The zero-order valence-corrected chi connectivity index (χ0v) is 14.1. The quantitative estimate of drug-likeness (QED) is 0.600. The average Bonchev–Trinajstić information content (AvgIpc) is 2.49. The Kier molecular flexibility index (Phi) is 6.11. The molecule has 0 radical (unpaired) electrons. The molecule has 0 aromatic carbocycles. The average molecular weight is 344 g/mol. The van der Waals surface area contributed by atoms with E-state index in [1.54, 1.807) is 11.9 Å². The molecule has 1 atom stereocenters. The van der Waals surface area contributed by atoms with Crippen LogP contribution in [0, 0.1) is 10.1 Å². The van der Waals surface area contributed by atoms with Crippen molar-refractivity contribution >= 4 is 23.1 Å². The van der Waals surface area contributed by atoms with E-state index in [-0.39, 0.29) is 10.7 Å². The smallest absolute Gasteiger partial charge is 0.289 e. The fourth-order valence-corrected chi connectivity index (χ4v) is 2.90. The molecule has 128 valence electrons. The topological polar surface area (TPSA) is 86.0 Å². The van der Waals surface area contributed by atoms with Gasteiger partial charge in [-0.2, -0.15) is 0 Å². The van der Waals surface area contributed by atoms with Crippen molar-refractivity contribution in [2.24, 2.45) is 0 Å². The Hall–Kier alpha value is -1.48. The van der Waals surface area contributed by atoms with Crippen LogP contribution in [-0.2, 0) is 0 Å². The Morgan fingerprint density at radius 2 is 2.13 bits per heavy atom. The maximum Gasteiger partial charge on any atom is 0.289 e. The molecule has 1 N–H and O–H groups in total. The molecule has 23 heavy (non-hydrogen) atoms. The zero-order valence-electron chi connectivity index (χ0n) is 13.4. The van der Waals surface area contributed by atoms with Crippen molar-refractivity contribution in [3.63, 3.8) is 0 Å². The highest BCUT2D eigenvalue weighted by atomic mass is 35.5. The molecule has 1 unspecified atom stereocenters. The van der Waals surface area contributed by atoms with E-state index in [9.17, 15) is 15.2 Å². The minimum absolute atomic E-state index is 0.148. The number of rotatable bonds is 6. The third kappa shape index (κ3) is 5.00. The Labute approximate surface area is 140 Å². The second-order valence-corrected chi connectivity index (χ2v) is 6.30. The van der Waals surface area contributed by atoms with Crippen molar-refractivity contribution in [3.8, 4) is 0 Å². The van der Waals surface area contributed by atoms with Gasteiger partial charge < -0.3 is 14.9 Å². The minimum Gasteiger partial charge on any atom is -0.390 e. The third-order valence-corrected chi connectivity index (χ3v) is 4.21. The number of aromatic nitrogens is 1. The Bertz CT molecular complexity index is 551. The number of pyridine rings is 1. The molecule has 1 aromatic heterocycles. The lowest BCUT2D eigenvalue weighted by molar-refractivity contribution is -0.385. The molecule has 0 aliphatic carbocycles. The Balaban J connectivity index is 1.90. The number of nitro groups is 1. The highest BCUT2D eigenvalue weighted by molar-refractivity contribution is 6.33. The molecule has 1 aromatic rings. The molecule has 2 rings (SSSR count). The monoisotopic (exact) mass is 343 g/mol. The number of aliphatic hydroxyl groups excluding tert-OH is 1. The fourth-order valence-electron chi connectivity index (χ4n) is 2.59. The van der Waals surface area contributed by atoms with Gasteiger partial charge in [0.2, 0.25) is 0 Å². The molecule has 2 heterocycles. The molecule has 0 bridgehead atoms. The summed E-state index contributed by atoms with van der Waals surface area (Å²) in [5.74, 6) is 0.426. The second-order valence-electron chi connectivity index (χ2n) is 5.89. The first-order chi connectivity index (χ1) is 10.9. The molecule has 0 saturated carbocycles. The number of likely N-dealkylation sites (N-methyl/N-ethyl adjacent to an activating group) is 2. The number of aliphatic hydroxyl groups is 1. The van der Waals surface area contributed by atoms with E-state index in [2.05, 4.69) is 21.8 Å². The summed E-state index contributed by atoms with van der Waals surface area (Å²) in [5.41, 5.74) is -0.148. The summed E-state index contributed by atoms with van der Waals surface area (Å²) < 4.78 is 0. The van der Waals surface area contributed by atoms with Crippen molar-refractivity contribution in [3.05, 3.63) is 27.4 Å². The number of hydrogen-bond acceptors (Lipinski definition) is 7. The predicted molar refractivity (Wildman–Crippen MR) is 89.1 cm³/mol. The SMILES string of the molecule is CN1CCN(CC(O)CN(C)c2ncc([N+](=O)[O-])cc2Cl)CC1. The van der Waals surface area contributed by atoms with Crippen LogP contribution < -0.4 is 4.90 Å². The van der Waals surface area contributed by atoms with Crippen molar-refractivity contribution < 1.29 is 10.0 Å². The molecule has 1 saturated heterocycles. The zero-order chi connectivity index (χ0) is 17.0. The van der Waals surface area contributed by atoms with Gasteiger partial charge >= 0.3 is 0 Å². The van der Waals surface area contributed by atoms with Crippen molar-refractivity contribution in [1.82, 2.24) is 14.8 Å². The van der Waals surface area contributed by atoms with Crippen LogP contribution in [0.1, 0.15) is 0 Å². The van der Waals surface area contributed by atoms with E-state index in [0.29, 0.717) is 18.9 Å². The van der Waals surface area contributed by atoms with Crippen LogP contribution >= 0.6 is 11.6 Å². The Morgan fingerprint density at radius 1 is 1.48 bits per heavy atom. The van der Waals surface area contributed by atoms with Crippen LogP contribution in [0.25, 0.3) is 0 Å². The molecule has 9 heteroatoms. The largest absolute Gasteiger partial charge is 0.390 e. The van der Waals surface area contributed by atoms with Gasteiger partial charge in [-0.05, 0) is 7.05 Å². The van der Waals surface area contributed by atoms with E-state index in [4.69, 9.17) is 11.6 Å². The lowest BCUT2D eigenvalue weighted by Gasteiger charge is -2.34. The number of halogens is 1. The molecular weight excluding hydrogens is 322 g/mol. The van der Waals surface area contributed by atoms with E-state index in [1.165, 1.54) is 12.3 Å². The first-order valence-corrected chi connectivity index (χ1v) is 7.84. The van der Waals surface area contributed by atoms with Crippen LogP contribution in [0.15, 0.2) is 12.3 Å². The maximum atomic E-state index is 10.7. The standard InChI is InChI=1S/C14H22ClN5O3/c1-17-3-5-19(6-4-17)10-12(21)9-18(2)14-13(15)7-11(8-16-14)20(22)23/h7-8,12,21H,3-6,9-10H2,1-2H3. The second kappa shape index (κ2) is 7.87. The van der Waals surface area contributed by atoms with Gasteiger partial charge in [-0.15, -0.1) is 0 Å². The summed E-state index contributed by atoms with van der Waals surface area (Å²) in [6.07, 6.45) is 0.626. The normalized spacial score (nSPS) is 17.9. The lowest BCUT2D eigenvalue weighted by atomic mass is 10.2. The van der Waals surface area contributed by atoms with Gasteiger partial charge in [0.15, 0.2) is 0 Å². The molecule has 0 spiro atoms. The van der Waals surface area contributed by atoms with Crippen molar-refractivity contribution in [2.75, 3.05) is 58.3 Å². The number of β-amino-alcohol motifs (C(OH)–C–C–N with tert-alkyl or cyclic N) is 1. The summed E-state index contributed by atoms with van der Waals surface area (Å²) in [4.78, 5) is 20.4. The molecule has 1 aliphatic rings. The van der Waals surface area contributed by atoms with E-state index in [0.717, 1.165) is 26.2 Å². The predicted octanol–water partition coefficient (Wildman–Crippen LogP) is 0.688. The minimum atomic E-state index is -0.545. The molecule has 1 fully saturated rings. The molecule has 0 amide bonds. The van der Waals surface area contributed by atoms with Gasteiger partial charge in [0, 0.05) is 52.4 Å². The highest BCUT2D eigenvalue weighted by Crippen LogP contribution is 2.26. The number of hydrogen-bond donors (Lipinski definition) is 1. The van der Waals surface area contributed by atoms with Gasteiger partial charge in [-0.1, -0.05) is 11.6 Å². The van der Waals surface area contributed by atoms with Gasteiger partial charge in [0.1, 0.15) is 12.0 Å². The van der Waals surface area contributed by atoms with E-state index in [1.807, 2.05) is 0 Å². The number of nitrogens with zero attached hydrogens (tertiary/aromatic N) is 5. The summed E-state index contributed by atoms with van der Waals surface area (Å²) in [6.45, 7) is 4.82. The highest BCUT2D eigenvalue weighted by Gasteiger charge is 2.20. The molecule has 1 aliphatic heterocycles. The number of piperazine rings is 1. The maximum absolute atomic E-state index is 10.7. The van der Waals surface area contributed by atoms with E-state index >= 15 is 0 Å². The summed E-state index contributed by atoms with van der Waals surface area (Å²) in [5, 5.41) is 21.2. The van der Waals surface area contributed by atoms with Crippen LogP contribution in [0.2, 0.25) is 5.02 Å². The number of anilines is 1. The van der Waals surface area contributed by atoms with Crippen molar-refractivity contribution in [2.45, 2.75) is 6.10 Å². The first-order valence-electron chi connectivity index (χ1n) is 7.47. The van der Waals surface area contributed by atoms with Gasteiger partial charge in [0.25, 0.3) is 5.69 Å². The Morgan fingerprint density at radius 3 is 2.70 bits per heavy atom. The van der Waals surface area contributed by atoms with Crippen LogP contribution in [0.3, 0.4) is 0 Å². The summed E-state index contributed by atoms with van der Waals surface area (Å²) in [6, 6.07) is 1.27. The van der Waals surface area contributed by atoms with Crippen LogP contribution in [0.4, 0.5) is 11.5 Å². The summed E-state index contributed by atoms with van der Waals surface area (Å²) in [7, 11) is 3.84. The fraction of sp³-hybridized carbons (Fsp3) is 0.643. The molecular formula is C14H22ClN5O3. The molecule has 8 nitrogen and oxygen atoms in total. The van der Waals surface area contributed by atoms with Crippen molar-refractivity contribution in [1.29, 1.82) is 0 Å². The third-order valence-electron chi connectivity index (χ3n) is 3.93. The van der Waals surface area contributed by atoms with E-state index < -0.39 is 11.0 Å². The van der Waals surface area contributed by atoms with Gasteiger partial charge in [0.05, 0.1) is 16.0 Å². The lowest BCUT2D eigenvalue weighted by Crippen LogP contribution is -2.48.